The van der Waals surface area contributed by atoms with Crippen molar-refractivity contribution in [2.24, 2.45) is 0 Å². The van der Waals surface area contributed by atoms with Gasteiger partial charge in [-0.2, -0.15) is 0 Å². The average molecular weight is 795 g/mol. The fraction of sp³-hybridized carbons (Fsp3) is 0.176. The Kier molecular flexibility index (Phi) is 11.9. The molecule has 9 heteroatoms. The SMILES string of the molecule is CC(=O)OC[C@@H](Cc1ccccc1)NC(=O)[C@H](Cc1cn(C(c2ccccc2)(c2ccccc2)c2ccccc2)cn1)NC(=O)OCC1c2ccccc2-c2ccccc21. The van der Waals surface area contributed by atoms with Crippen LogP contribution >= 0.6 is 0 Å². The number of benzene rings is 6. The van der Waals surface area contributed by atoms with E-state index in [9.17, 15) is 14.4 Å². The largest absolute Gasteiger partial charge is 0.464 e. The molecule has 0 spiro atoms. The van der Waals surface area contributed by atoms with Crippen molar-refractivity contribution < 1.29 is 23.9 Å². The van der Waals surface area contributed by atoms with Crippen LogP contribution in [-0.2, 0) is 37.4 Å². The molecule has 1 aliphatic carbocycles. The Morgan fingerprint density at radius 3 is 1.67 bits per heavy atom. The van der Waals surface area contributed by atoms with Crippen molar-refractivity contribution in [2.75, 3.05) is 13.2 Å². The molecule has 0 saturated heterocycles. The molecule has 1 aliphatic rings. The molecule has 60 heavy (non-hydrogen) atoms. The van der Waals surface area contributed by atoms with E-state index in [0.29, 0.717) is 12.1 Å². The van der Waals surface area contributed by atoms with Crippen molar-refractivity contribution in [2.45, 2.75) is 43.3 Å². The summed E-state index contributed by atoms with van der Waals surface area (Å²) in [5, 5.41) is 5.95. The number of carbonyl (C=O) groups is 3. The van der Waals surface area contributed by atoms with Gasteiger partial charge < -0.3 is 24.7 Å². The molecule has 0 radical (unpaired) electrons. The highest BCUT2D eigenvalue weighted by atomic mass is 16.5. The predicted molar refractivity (Wildman–Crippen MR) is 231 cm³/mol. The molecule has 2 N–H and O–H groups in total. The van der Waals surface area contributed by atoms with Crippen molar-refractivity contribution in [3.8, 4) is 11.1 Å². The Balaban J connectivity index is 1.11. The number of imidazole rings is 1. The fourth-order valence-electron chi connectivity index (χ4n) is 8.41. The van der Waals surface area contributed by atoms with Gasteiger partial charge in [0.05, 0.1) is 18.1 Å². The molecule has 6 aromatic carbocycles. The van der Waals surface area contributed by atoms with E-state index in [4.69, 9.17) is 14.5 Å². The van der Waals surface area contributed by atoms with Gasteiger partial charge in [-0.15, -0.1) is 0 Å². The molecule has 9 nitrogen and oxygen atoms in total. The van der Waals surface area contributed by atoms with Crippen molar-refractivity contribution in [3.63, 3.8) is 0 Å². The van der Waals surface area contributed by atoms with E-state index in [0.717, 1.165) is 44.5 Å². The third kappa shape index (κ3) is 8.47. The van der Waals surface area contributed by atoms with Gasteiger partial charge in [-0.1, -0.05) is 170 Å². The van der Waals surface area contributed by atoms with Crippen LogP contribution in [0, 0.1) is 0 Å². The number of carbonyl (C=O) groups excluding carboxylic acids is 3. The average Bonchev–Trinajstić information content (AvgIpc) is 3.89. The van der Waals surface area contributed by atoms with Gasteiger partial charge in [0.15, 0.2) is 0 Å². The van der Waals surface area contributed by atoms with E-state index in [1.54, 1.807) is 6.33 Å². The summed E-state index contributed by atoms with van der Waals surface area (Å²) in [4.78, 5) is 45.0. The van der Waals surface area contributed by atoms with Gasteiger partial charge in [0.25, 0.3) is 0 Å². The maximum atomic E-state index is 14.4. The third-order valence-electron chi connectivity index (χ3n) is 11.1. The first-order chi connectivity index (χ1) is 29.4. The smallest absolute Gasteiger partial charge is 0.407 e. The zero-order valence-electron chi connectivity index (χ0n) is 33.3. The Morgan fingerprint density at radius 2 is 1.13 bits per heavy atom. The maximum Gasteiger partial charge on any atom is 0.407 e. The molecular formula is C51H46N4O5. The number of ether oxygens (including phenoxy) is 2. The van der Waals surface area contributed by atoms with Crippen LogP contribution in [0.2, 0.25) is 0 Å². The monoisotopic (exact) mass is 794 g/mol. The van der Waals surface area contributed by atoms with Crippen molar-refractivity contribution >= 4 is 18.0 Å². The minimum Gasteiger partial charge on any atom is -0.464 e. The van der Waals surface area contributed by atoms with Gasteiger partial charge in [-0.25, -0.2) is 9.78 Å². The second kappa shape index (κ2) is 18.1. The van der Waals surface area contributed by atoms with Crippen LogP contribution in [0.15, 0.2) is 182 Å². The lowest BCUT2D eigenvalue weighted by atomic mass is 9.77. The second-order valence-electron chi connectivity index (χ2n) is 15.0. The minimum atomic E-state index is -1.10. The number of hydrogen-bond donors (Lipinski definition) is 2. The first-order valence-electron chi connectivity index (χ1n) is 20.2. The summed E-state index contributed by atoms with van der Waals surface area (Å²) < 4.78 is 13.4. The Bertz CT molecular complexity index is 2400. The Hall–Kier alpha value is -7.26. The van der Waals surface area contributed by atoms with Crippen LogP contribution in [0.4, 0.5) is 4.79 Å². The normalized spacial score (nSPS) is 13.0. The van der Waals surface area contributed by atoms with Gasteiger partial charge in [-0.3, -0.25) is 9.59 Å². The number of fused-ring (bicyclic) bond motifs is 3. The number of amides is 2. The fourth-order valence-corrected chi connectivity index (χ4v) is 8.41. The summed E-state index contributed by atoms with van der Waals surface area (Å²) in [5.74, 6) is -1.08. The second-order valence-corrected chi connectivity index (χ2v) is 15.0. The van der Waals surface area contributed by atoms with Crippen LogP contribution in [-0.4, -0.2) is 52.8 Å². The van der Waals surface area contributed by atoms with Crippen LogP contribution in [0.1, 0.15) is 51.9 Å². The number of hydrogen-bond acceptors (Lipinski definition) is 6. The van der Waals surface area contributed by atoms with E-state index in [-0.39, 0.29) is 25.6 Å². The first-order valence-corrected chi connectivity index (χ1v) is 20.2. The number of rotatable bonds is 15. The Morgan fingerprint density at radius 1 is 0.633 bits per heavy atom. The van der Waals surface area contributed by atoms with Crippen molar-refractivity contribution in [1.82, 2.24) is 20.2 Å². The molecule has 0 bridgehead atoms. The summed E-state index contributed by atoms with van der Waals surface area (Å²) in [6.45, 7) is 1.37. The first kappa shape index (κ1) is 39.6. The number of aromatic nitrogens is 2. The quantitative estimate of drug-likeness (QED) is 0.0797. The highest BCUT2D eigenvalue weighted by molar-refractivity contribution is 5.86. The molecule has 7 aromatic rings. The summed E-state index contributed by atoms with van der Waals surface area (Å²) in [5.41, 5.74) is 8.16. The van der Waals surface area contributed by atoms with E-state index in [1.165, 1.54) is 6.92 Å². The molecular weight excluding hydrogens is 749 g/mol. The van der Waals surface area contributed by atoms with Crippen LogP contribution in [0.5, 0.6) is 0 Å². The van der Waals surface area contributed by atoms with Crippen molar-refractivity contribution in [1.29, 1.82) is 0 Å². The minimum absolute atomic E-state index is 0.0447. The van der Waals surface area contributed by atoms with E-state index < -0.39 is 35.6 Å². The maximum absolute atomic E-state index is 14.4. The summed E-state index contributed by atoms with van der Waals surface area (Å²) in [6, 6.07) is 55.0. The van der Waals surface area contributed by atoms with Crippen LogP contribution in [0.3, 0.4) is 0 Å². The van der Waals surface area contributed by atoms with E-state index >= 15 is 0 Å². The molecule has 2 amide bonds. The number of nitrogens with zero attached hydrogens (tertiary/aromatic N) is 2. The van der Waals surface area contributed by atoms with Gasteiger partial charge >= 0.3 is 12.1 Å². The van der Waals surface area contributed by atoms with Crippen LogP contribution < -0.4 is 10.6 Å². The molecule has 0 saturated carbocycles. The zero-order chi connectivity index (χ0) is 41.3. The molecule has 8 rings (SSSR count). The zero-order valence-corrected chi connectivity index (χ0v) is 33.3. The lowest BCUT2D eigenvalue weighted by Gasteiger charge is -2.37. The number of alkyl carbamates (subject to hydrolysis) is 1. The van der Waals surface area contributed by atoms with Gasteiger partial charge in [0.2, 0.25) is 5.91 Å². The number of nitrogens with one attached hydrogen (secondary N) is 2. The molecule has 2 atom stereocenters. The number of esters is 1. The third-order valence-corrected chi connectivity index (χ3v) is 11.1. The molecule has 300 valence electrons. The molecule has 0 unspecified atom stereocenters. The lowest BCUT2D eigenvalue weighted by Crippen LogP contribution is -2.52. The lowest BCUT2D eigenvalue weighted by molar-refractivity contribution is -0.142. The summed E-state index contributed by atoms with van der Waals surface area (Å²) in [7, 11) is 0. The van der Waals surface area contributed by atoms with E-state index in [1.807, 2.05) is 115 Å². The van der Waals surface area contributed by atoms with Gasteiger partial charge in [-0.05, 0) is 50.9 Å². The molecule has 1 heterocycles. The molecule has 0 fully saturated rings. The predicted octanol–water partition coefficient (Wildman–Crippen LogP) is 8.46. The summed E-state index contributed by atoms with van der Waals surface area (Å²) in [6.07, 6.45) is 3.43. The highest BCUT2D eigenvalue weighted by Gasteiger charge is 2.39. The Labute approximate surface area is 350 Å². The van der Waals surface area contributed by atoms with E-state index in [2.05, 4.69) is 75.9 Å². The summed E-state index contributed by atoms with van der Waals surface area (Å²) >= 11 is 0. The van der Waals surface area contributed by atoms with Gasteiger partial charge in [0, 0.05) is 25.5 Å². The standard InChI is InChI=1S/C51H46N4O5/c1-36(56)59-33-42(30-37-18-6-2-7-19-37)53-49(57)48(54-50(58)60-34-47-45-28-16-14-26-43(45)44-27-15-17-29-46(44)47)31-41-32-55(35-52-41)51(38-20-8-3-9-21-38,39-22-10-4-11-23-39)40-24-12-5-13-25-40/h2-29,32,35,42,47-48H,30-31,33-34H2,1H3,(H,53,57)(H,54,58)/t42-,48+/m1/s1. The van der Waals surface area contributed by atoms with Gasteiger partial charge in [0.1, 0.15) is 24.8 Å². The molecule has 1 aromatic heterocycles. The van der Waals surface area contributed by atoms with Crippen LogP contribution in [0.25, 0.3) is 11.1 Å². The highest BCUT2D eigenvalue weighted by Crippen LogP contribution is 2.45. The molecule has 0 aliphatic heterocycles. The topological polar surface area (TPSA) is 112 Å². The van der Waals surface area contributed by atoms with Crippen molar-refractivity contribution in [3.05, 3.63) is 221 Å².